The second kappa shape index (κ2) is 6.34. The van der Waals surface area contributed by atoms with E-state index in [1.54, 1.807) is 13.0 Å². The molecule has 0 spiro atoms. The van der Waals surface area contributed by atoms with Gasteiger partial charge in [-0.05, 0) is 25.5 Å². The summed E-state index contributed by atoms with van der Waals surface area (Å²) in [6, 6.07) is 2.93. The Bertz CT molecular complexity index is 402. The minimum Gasteiger partial charge on any atom is -0.475 e. The summed E-state index contributed by atoms with van der Waals surface area (Å²) in [5.74, 6) is -1.31. The lowest BCUT2D eigenvalue weighted by Crippen LogP contribution is -2.31. The van der Waals surface area contributed by atoms with E-state index in [4.69, 9.17) is 9.52 Å². The third kappa shape index (κ3) is 4.14. The molecule has 0 saturated heterocycles. The Hall–Kier alpha value is -1.43. The first-order chi connectivity index (χ1) is 8.04. The van der Waals surface area contributed by atoms with Gasteiger partial charge in [-0.15, -0.1) is 0 Å². The normalized spacial score (nSPS) is 12.1. The minimum atomic E-state index is -1.11. The monoisotopic (exact) mass is 257 g/mol. The van der Waals surface area contributed by atoms with Crippen molar-refractivity contribution in [1.29, 1.82) is 0 Å². The van der Waals surface area contributed by atoms with Gasteiger partial charge in [0.2, 0.25) is 11.7 Å². The van der Waals surface area contributed by atoms with E-state index in [0.717, 1.165) is 6.42 Å². The van der Waals surface area contributed by atoms with Gasteiger partial charge in [-0.2, -0.15) is 0 Å². The number of furan rings is 1. The van der Waals surface area contributed by atoms with Gasteiger partial charge in [-0.25, -0.2) is 4.79 Å². The molecule has 0 saturated carbocycles. The Balaban J connectivity index is 2.52. The van der Waals surface area contributed by atoms with Crippen molar-refractivity contribution in [3.05, 3.63) is 17.9 Å². The third-order valence-corrected chi connectivity index (χ3v) is 3.02. The predicted molar refractivity (Wildman–Crippen MR) is 64.3 cm³/mol. The van der Waals surface area contributed by atoms with E-state index in [1.807, 2.05) is 6.92 Å². The number of carbonyl (C=O) groups excluding carboxylic acids is 1. The van der Waals surface area contributed by atoms with Crippen LogP contribution in [0.1, 0.15) is 30.8 Å². The molecule has 0 bridgehead atoms. The van der Waals surface area contributed by atoms with E-state index in [9.17, 15) is 9.59 Å². The fraction of sp³-hybridized carbons (Fsp3) is 0.455. The predicted octanol–water partition coefficient (Wildman–Crippen LogP) is 1.98. The minimum absolute atomic E-state index is 0.0786. The molecule has 1 heterocycles. The van der Waals surface area contributed by atoms with Crippen LogP contribution in [0.4, 0.5) is 0 Å². The molecule has 1 aromatic heterocycles. The van der Waals surface area contributed by atoms with Crippen LogP contribution in [0.5, 0.6) is 0 Å². The molecule has 17 heavy (non-hydrogen) atoms. The smallest absolute Gasteiger partial charge is 0.371 e. The molecular weight excluding hydrogens is 242 g/mol. The maximum Gasteiger partial charge on any atom is 0.371 e. The fourth-order valence-corrected chi connectivity index (χ4v) is 1.94. The van der Waals surface area contributed by atoms with Crippen molar-refractivity contribution in [3.8, 4) is 0 Å². The van der Waals surface area contributed by atoms with Crippen LogP contribution in [0.15, 0.2) is 21.6 Å². The summed E-state index contributed by atoms with van der Waals surface area (Å²) in [5, 5.41) is 11.6. The number of hydrogen-bond acceptors (Lipinski definition) is 4. The van der Waals surface area contributed by atoms with Crippen LogP contribution in [-0.2, 0) is 4.79 Å². The van der Waals surface area contributed by atoms with Gasteiger partial charge in [0.15, 0.2) is 5.09 Å². The molecule has 1 rings (SSSR count). The topological polar surface area (TPSA) is 79.5 Å². The Morgan fingerprint density at radius 2 is 2.24 bits per heavy atom. The number of amides is 1. The van der Waals surface area contributed by atoms with Crippen molar-refractivity contribution in [3.63, 3.8) is 0 Å². The first-order valence-corrected chi connectivity index (χ1v) is 6.20. The first-order valence-electron chi connectivity index (χ1n) is 5.32. The molecule has 2 N–H and O–H groups in total. The zero-order valence-electron chi connectivity index (χ0n) is 9.73. The van der Waals surface area contributed by atoms with Crippen LogP contribution < -0.4 is 5.32 Å². The van der Waals surface area contributed by atoms with E-state index >= 15 is 0 Å². The van der Waals surface area contributed by atoms with E-state index in [1.165, 1.54) is 17.8 Å². The molecular formula is C11H15NO4S. The Labute approximate surface area is 104 Å². The van der Waals surface area contributed by atoms with E-state index in [-0.39, 0.29) is 16.9 Å². The van der Waals surface area contributed by atoms with Gasteiger partial charge in [0.25, 0.3) is 0 Å². The summed E-state index contributed by atoms with van der Waals surface area (Å²) < 4.78 is 5.05. The third-order valence-electron chi connectivity index (χ3n) is 2.00. The zero-order chi connectivity index (χ0) is 12.8. The molecule has 1 unspecified atom stereocenters. The Morgan fingerprint density at radius 1 is 1.53 bits per heavy atom. The molecule has 1 amide bonds. The van der Waals surface area contributed by atoms with Gasteiger partial charge >= 0.3 is 5.97 Å². The van der Waals surface area contributed by atoms with Crippen LogP contribution in [0.25, 0.3) is 0 Å². The number of hydrogen-bond donors (Lipinski definition) is 2. The van der Waals surface area contributed by atoms with Crippen LogP contribution in [0, 0.1) is 0 Å². The summed E-state index contributed by atoms with van der Waals surface area (Å²) in [7, 11) is 0. The van der Waals surface area contributed by atoms with Crippen molar-refractivity contribution in [1.82, 2.24) is 5.32 Å². The average molecular weight is 257 g/mol. The van der Waals surface area contributed by atoms with Gasteiger partial charge in [-0.3, -0.25) is 4.79 Å². The highest BCUT2D eigenvalue weighted by Gasteiger charge is 2.17. The quantitative estimate of drug-likeness (QED) is 0.762. The summed E-state index contributed by atoms with van der Waals surface area (Å²) in [6.45, 7) is 4.37. The van der Waals surface area contributed by atoms with E-state index in [2.05, 4.69) is 5.32 Å². The number of rotatable bonds is 6. The molecule has 94 valence electrons. The van der Waals surface area contributed by atoms with Crippen LogP contribution in [-0.4, -0.2) is 28.8 Å². The Morgan fingerprint density at radius 3 is 2.76 bits per heavy atom. The van der Waals surface area contributed by atoms with Crippen molar-refractivity contribution >= 4 is 23.6 Å². The van der Waals surface area contributed by atoms with E-state index < -0.39 is 5.97 Å². The van der Waals surface area contributed by atoms with Gasteiger partial charge in [0.05, 0.1) is 5.25 Å². The second-order valence-electron chi connectivity index (χ2n) is 3.47. The van der Waals surface area contributed by atoms with Crippen LogP contribution in [0.2, 0.25) is 0 Å². The molecule has 1 atom stereocenters. The fourth-order valence-electron chi connectivity index (χ4n) is 1.12. The van der Waals surface area contributed by atoms with Crippen molar-refractivity contribution in [2.45, 2.75) is 30.6 Å². The van der Waals surface area contributed by atoms with Gasteiger partial charge in [0.1, 0.15) is 0 Å². The molecule has 1 aromatic rings. The number of nitrogens with one attached hydrogen (secondary N) is 1. The number of thioether (sulfide) groups is 1. The number of aromatic carboxylic acids is 1. The number of carbonyl (C=O) groups is 2. The summed E-state index contributed by atoms with van der Waals surface area (Å²) in [4.78, 5) is 22.2. The largest absolute Gasteiger partial charge is 0.475 e. The second-order valence-corrected chi connectivity index (χ2v) is 4.82. The van der Waals surface area contributed by atoms with Crippen molar-refractivity contribution in [2.24, 2.45) is 0 Å². The molecule has 0 aromatic carbocycles. The van der Waals surface area contributed by atoms with Crippen molar-refractivity contribution < 1.29 is 19.1 Å². The van der Waals surface area contributed by atoms with Gasteiger partial charge < -0.3 is 14.8 Å². The first kappa shape index (κ1) is 13.6. The molecule has 0 radical (unpaired) electrons. The summed E-state index contributed by atoms with van der Waals surface area (Å²) in [5.41, 5.74) is 0. The highest BCUT2D eigenvalue weighted by molar-refractivity contribution is 8.00. The lowest BCUT2D eigenvalue weighted by Gasteiger charge is -2.09. The maximum absolute atomic E-state index is 11.6. The lowest BCUT2D eigenvalue weighted by atomic mass is 10.4. The summed E-state index contributed by atoms with van der Waals surface area (Å²) in [6.07, 6.45) is 0.882. The summed E-state index contributed by atoms with van der Waals surface area (Å²) >= 11 is 1.20. The number of carboxylic acid groups (broad SMARTS) is 1. The standard InChI is InChI=1S/C11H15NO4S/c1-3-6-12-10(13)7(2)17-9-5-4-8(16-9)11(14)15/h4-5,7H,3,6H2,1-2H3,(H,12,13)(H,14,15). The van der Waals surface area contributed by atoms with Crippen molar-refractivity contribution in [2.75, 3.05) is 6.54 Å². The average Bonchev–Trinajstić information content (AvgIpc) is 2.74. The molecule has 0 aliphatic carbocycles. The van der Waals surface area contributed by atoms with Crippen LogP contribution >= 0.6 is 11.8 Å². The highest BCUT2D eigenvalue weighted by atomic mass is 32.2. The van der Waals surface area contributed by atoms with Gasteiger partial charge in [0, 0.05) is 6.54 Å². The molecule has 5 nitrogen and oxygen atoms in total. The molecule has 0 aliphatic heterocycles. The SMILES string of the molecule is CCCNC(=O)C(C)Sc1ccc(C(=O)O)o1. The molecule has 6 heteroatoms. The molecule has 0 aliphatic rings. The lowest BCUT2D eigenvalue weighted by molar-refractivity contribution is -0.120. The number of carboxylic acids is 1. The van der Waals surface area contributed by atoms with Gasteiger partial charge in [-0.1, -0.05) is 18.7 Å². The van der Waals surface area contributed by atoms with E-state index in [0.29, 0.717) is 11.6 Å². The zero-order valence-corrected chi connectivity index (χ0v) is 10.5. The van der Waals surface area contributed by atoms with Crippen LogP contribution in [0.3, 0.4) is 0 Å². The molecule has 0 fully saturated rings. The highest BCUT2D eigenvalue weighted by Crippen LogP contribution is 2.25. The maximum atomic E-state index is 11.6. The Kier molecular flexibility index (Phi) is 5.09.